The number of carbonyl (C=O) groups excluding carboxylic acids is 1. The van der Waals surface area contributed by atoms with Crippen molar-refractivity contribution in [1.82, 2.24) is 24.6 Å². The quantitative estimate of drug-likeness (QED) is 0.0651. The molecule has 64 heavy (non-hydrogen) atoms. The Morgan fingerprint density at radius 1 is 1.00 bits per heavy atom. The first-order chi connectivity index (χ1) is 30.7. The lowest BCUT2D eigenvalue weighted by Crippen LogP contribution is -2.63. The third-order valence-corrected chi connectivity index (χ3v) is 15.7. The fraction of sp³-hybridized carbons (Fsp3) is 0.479. The van der Waals surface area contributed by atoms with E-state index in [4.69, 9.17) is 4.74 Å². The maximum atomic E-state index is 14.0. The van der Waals surface area contributed by atoms with Crippen molar-refractivity contribution in [2.45, 2.75) is 107 Å². The van der Waals surface area contributed by atoms with Crippen LogP contribution in [0.15, 0.2) is 84.1 Å². The smallest absolute Gasteiger partial charge is 0.312 e. The standard InChI is InChI=1S/C48H58N8O7S/c1-31(2)37-7-4-5-8-38(37)39-9-6-10-41(39)55-29-48(30-55)18-21-54(22-19-48)34-11-12-40(43(24-34)63-35-23-33-15-20-49-44(33)51-27-35)46(57)53-64(61,62)36-25-42(56(59)60)45(52-28-36)50-26-32-13-16-47(3,58)17-14-32/h4-5,7-8,11-12,15,20,23-25,27-28,31-32,39,41,58H,6,9-10,13-14,16-19,21-22,26,29-30H2,1-3H3,(H,49,51)(H,50,52)(H,53,57)/t32-,39-,41+,47-/m0/s1. The van der Waals surface area contributed by atoms with Crippen LogP contribution in [0.1, 0.15) is 112 Å². The summed E-state index contributed by atoms with van der Waals surface area (Å²) in [4.78, 5) is 41.5. The van der Waals surface area contributed by atoms with Crippen LogP contribution in [0.4, 0.5) is 17.2 Å². The number of H-pyrrole nitrogens is 1. The van der Waals surface area contributed by atoms with Crippen molar-refractivity contribution in [1.29, 1.82) is 0 Å². The molecule has 2 saturated heterocycles. The second kappa shape index (κ2) is 17.4. The van der Waals surface area contributed by atoms with Crippen LogP contribution < -0.4 is 19.7 Å². The molecule has 2 aliphatic carbocycles. The molecule has 0 radical (unpaired) electrons. The first-order valence-corrected chi connectivity index (χ1v) is 24.1. The Kier molecular flexibility index (Phi) is 11.9. The number of pyridine rings is 2. The number of benzene rings is 2. The largest absolute Gasteiger partial charge is 0.455 e. The second-order valence-electron chi connectivity index (χ2n) is 19.2. The van der Waals surface area contributed by atoms with E-state index in [1.54, 1.807) is 31.3 Å². The zero-order valence-electron chi connectivity index (χ0n) is 36.8. The number of hydrogen-bond acceptors (Lipinski definition) is 12. The second-order valence-corrected chi connectivity index (χ2v) is 20.9. The van der Waals surface area contributed by atoms with Crippen LogP contribution >= 0.6 is 0 Å². The maximum Gasteiger partial charge on any atom is 0.312 e. The van der Waals surface area contributed by atoms with Crippen molar-refractivity contribution < 1.29 is 28.0 Å². The number of fused-ring (bicyclic) bond motifs is 1. The van der Waals surface area contributed by atoms with Gasteiger partial charge in [-0.15, -0.1) is 0 Å². The van der Waals surface area contributed by atoms with Crippen molar-refractivity contribution in [2.75, 3.05) is 42.9 Å². The van der Waals surface area contributed by atoms with E-state index in [9.17, 15) is 28.4 Å². The molecule has 338 valence electrons. The molecule has 16 heteroatoms. The van der Waals surface area contributed by atoms with Gasteiger partial charge in [0.25, 0.3) is 15.9 Å². The van der Waals surface area contributed by atoms with E-state index in [0.717, 1.165) is 75.2 Å². The minimum Gasteiger partial charge on any atom is -0.455 e. The van der Waals surface area contributed by atoms with Crippen molar-refractivity contribution >= 4 is 44.2 Å². The van der Waals surface area contributed by atoms with Gasteiger partial charge in [0.2, 0.25) is 5.82 Å². The number of piperidine rings is 1. The Labute approximate surface area is 374 Å². The Morgan fingerprint density at radius 2 is 1.77 bits per heavy atom. The monoisotopic (exact) mass is 890 g/mol. The molecule has 0 unspecified atom stereocenters. The van der Waals surface area contributed by atoms with Crippen LogP contribution in [0.25, 0.3) is 11.0 Å². The number of nitro groups is 1. The van der Waals surface area contributed by atoms with Crippen molar-refractivity contribution in [3.8, 4) is 11.5 Å². The molecule has 2 aliphatic heterocycles. The number of likely N-dealkylation sites (tertiary alicyclic amines) is 1. The molecular formula is C48H58N8O7S. The molecule has 4 N–H and O–H groups in total. The number of nitrogens with one attached hydrogen (secondary N) is 3. The van der Waals surface area contributed by atoms with E-state index in [0.29, 0.717) is 48.7 Å². The van der Waals surface area contributed by atoms with E-state index < -0.39 is 37.0 Å². The van der Waals surface area contributed by atoms with Gasteiger partial charge >= 0.3 is 5.69 Å². The highest BCUT2D eigenvalue weighted by Gasteiger charge is 2.49. The third-order valence-electron chi connectivity index (χ3n) is 14.4. The van der Waals surface area contributed by atoms with Gasteiger partial charge in [-0.3, -0.25) is 19.8 Å². The van der Waals surface area contributed by atoms with Gasteiger partial charge in [-0.2, -0.15) is 0 Å². The average Bonchev–Trinajstić information content (AvgIpc) is 3.95. The predicted octanol–water partition coefficient (Wildman–Crippen LogP) is 8.49. The van der Waals surface area contributed by atoms with Gasteiger partial charge in [0.1, 0.15) is 22.0 Å². The van der Waals surface area contributed by atoms with Crippen LogP contribution in [0, 0.1) is 21.4 Å². The summed E-state index contributed by atoms with van der Waals surface area (Å²) in [6.45, 7) is 10.6. The Hall–Kier alpha value is -5.58. The Balaban J connectivity index is 0.895. The number of anilines is 2. The number of ether oxygens (including phenoxy) is 1. The molecule has 5 heterocycles. The van der Waals surface area contributed by atoms with Gasteiger partial charge in [0, 0.05) is 68.2 Å². The number of rotatable bonds is 13. The summed E-state index contributed by atoms with van der Waals surface area (Å²) in [5.74, 6) is 0.694. The lowest BCUT2D eigenvalue weighted by atomic mass is 9.70. The minimum absolute atomic E-state index is 0.0398. The molecule has 5 aromatic rings. The van der Waals surface area contributed by atoms with E-state index in [-0.39, 0.29) is 28.5 Å². The lowest BCUT2D eigenvalue weighted by molar-refractivity contribution is -0.384. The Morgan fingerprint density at radius 3 is 2.52 bits per heavy atom. The van der Waals surface area contributed by atoms with Gasteiger partial charge in [-0.05, 0) is 117 Å². The normalized spacial score (nSPS) is 23.6. The molecule has 2 atom stereocenters. The fourth-order valence-corrected chi connectivity index (χ4v) is 11.6. The first-order valence-electron chi connectivity index (χ1n) is 22.7. The zero-order chi connectivity index (χ0) is 44.8. The van der Waals surface area contributed by atoms with E-state index in [1.807, 2.05) is 12.1 Å². The average molecular weight is 891 g/mol. The molecule has 15 nitrogen and oxygen atoms in total. The molecule has 0 bridgehead atoms. The number of aromatic amines is 1. The van der Waals surface area contributed by atoms with Gasteiger partial charge in [-0.1, -0.05) is 44.5 Å². The minimum atomic E-state index is -4.62. The molecule has 9 rings (SSSR count). The highest BCUT2D eigenvalue weighted by Crippen LogP contribution is 2.49. The first kappa shape index (κ1) is 43.7. The van der Waals surface area contributed by atoms with E-state index in [2.05, 4.69) is 72.9 Å². The number of carbonyl (C=O) groups is 1. The summed E-state index contributed by atoms with van der Waals surface area (Å²) in [5.41, 5.74) is 3.48. The SMILES string of the molecule is CC(C)c1ccccc1[C@@H]1CCC[C@H]1N1CC2(CCN(c3ccc(C(=O)NS(=O)(=O)c4cnc(NC[C@H]5CC[C@](C)(O)CC5)c([N+](=O)[O-])c4)c(Oc4cnc5[nH]ccc5c4)c3)CC2)C1. The number of hydrogen-bond donors (Lipinski definition) is 4. The molecule has 1 amide bonds. The van der Waals surface area contributed by atoms with E-state index in [1.165, 1.54) is 36.6 Å². The van der Waals surface area contributed by atoms with Crippen LogP contribution in [0.3, 0.4) is 0 Å². The molecule has 2 saturated carbocycles. The topological polar surface area (TPSA) is 196 Å². The molecular weight excluding hydrogens is 833 g/mol. The van der Waals surface area contributed by atoms with Gasteiger partial charge < -0.3 is 25.0 Å². The van der Waals surface area contributed by atoms with Gasteiger partial charge in [0.15, 0.2) is 0 Å². The number of amides is 1. The molecule has 4 aliphatic rings. The number of sulfonamides is 1. The zero-order valence-corrected chi connectivity index (χ0v) is 37.6. The highest BCUT2D eigenvalue weighted by molar-refractivity contribution is 7.90. The molecule has 3 aromatic heterocycles. The predicted molar refractivity (Wildman–Crippen MR) is 246 cm³/mol. The summed E-state index contributed by atoms with van der Waals surface area (Å²) in [5, 5.41) is 26.2. The maximum absolute atomic E-state index is 14.0. The summed E-state index contributed by atoms with van der Waals surface area (Å²) in [7, 11) is -4.62. The fourth-order valence-electron chi connectivity index (χ4n) is 10.6. The summed E-state index contributed by atoms with van der Waals surface area (Å²) in [6.07, 6.45) is 12.8. The lowest BCUT2D eigenvalue weighted by Gasteiger charge is -2.57. The highest BCUT2D eigenvalue weighted by atomic mass is 32.2. The van der Waals surface area contributed by atoms with Crippen molar-refractivity contribution in [3.05, 3.63) is 106 Å². The number of aromatic nitrogens is 3. The molecule has 4 fully saturated rings. The van der Waals surface area contributed by atoms with Crippen LogP contribution in [-0.4, -0.2) is 88.6 Å². The third kappa shape index (κ3) is 9.04. The summed E-state index contributed by atoms with van der Waals surface area (Å²) < 4.78 is 35.8. The number of nitrogens with zero attached hydrogens (tertiary/aromatic N) is 5. The van der Waals surface area contributed by atoms with Crippen LogP contribution in [0.2, 0.25) is 0 Å². The van der Waals surface area contributed by atoms with Crippen LogP contribution in [-0.2, 0) is 10.0 Å². The summed E-state index contributed by atoms with van der Waals surface area (Å²) in [6, 6.07) is 19.2. The molecule has 1 spiro atoms. The van der Waals surface area contributed by atoms with Crippen molar-refractivity contribution in [2.24, 2.45) is 11.3 Å². The Bertz CT molecular complexity index is 2640. The van der Waals surface area contributed by atoms with Crippen molar-refractivity contribution in [3.63, 3.8) is 0 Å². The van der Waals surface area contributed by atoms with E-state index >= 15 is 0 Å². The number of aliphatic hydroxyl groups is 1. The van der Waals surface area contributed by atoms with Crippen LogP contribution in [0.5, 0.6) is 11.5 Å². The van der Waals surface area contributed by atoms with Gasteiger partial charge in [-0.25, -0.2) is 23.1 Å². The molecule has 2 aromatic carbocycles. The summed E-state index contributed by atoms with van der Waals surface area (Å²) >= 11 is 0. The van der Waals surface area contributed by atoms with Gasteiger partial charge in [0.05, 0.1) is 28.5 Å².